The van der Waals surface area contributed by atoms with Gasteiger partial charge in [-0.3, -0.25) is 14.9 Å². The first-order valence-electron chi connectivity index (χ1n) is 11.0. The molecule has 33 heavy (non-hydrogen) atoms. The Bertz CT molecular complexity index is 914. The lowest BCUT2D eigenvalue weighted by molar-refractivity contribution is -0.384. The average molecular weight is 566 g/mol. The number of hydrogen-bond donors (Lipinski definition) is 1. The van der Waals surface area contributed by atoms with Crippen LogP contribution in [0.15, 0.2) is 59.6 Å². The van der Waals surface area contributed by atoms with Crippen molar-refractivity contribution in [2.45, 2.75) is 32.7 Å². The molecular formula is C24H31IN4O4. The highest BCUT2D eigenvalue weighted by molar-refractivity contribution is 14.0. The summed E-state index contributed by atoms with van der Waals surface area (Å²) < 4.78 is 5.17. The van der Waals surface area contributed by atoms with Crippen LogP contribution in [0, 0.1) is 16.0 Å². The first kappa shape index (κ1) is 26.6. The van der Waals surface area contributed by atoms with Crippen molar-refractivity contribution in [2.24, 2.45) is 10.9 Å². The molecule has 0 aliphatic carbocycles. The summed E-state index contributed by atoms with van der Waals surface area (Å²) >= 11 is 0. The van der Waals surface area contributed by atoms with Gasteiger partial charge in [0.25, 0.3) is 5.69 Å². The Labute approximate surface area is 211 Å². The first-order chi connectivity index (χ1) is 15.6. The van der Waals surface area contributed by atoms with Gasteiger partial charge in [-0.25, -0.2) is 4.99 Å². The van der Waals surface area contributed by atoms with Crippen molar-refractivity contribution in [1.29, 1.82) is 0 Å². The molecule has 3 rings (SSSR count). The molecule has 178 valence electrons. The number of nitro groups is 1. The second kappa shape index (κ2) is 13.8. The third-order valence-corrected chi connectivity index (χ3v) is 5.51. The highest BCUT2D eigenvalue weighted by Gasteiger charge is 2.27. The van der Waals surface area contributed by atoms with Gasteiger partial charge in [0.2, 0.25) is 0 Å². The van der Waals surface area contributed by atoms with Gasteiger partial charge in [-0.1, -0.05) is 42.5 Å². The van der Waals surface area contributed by atoms with Crippen molar-refractivity contribution in [3.05, 3.63) is 75.8 Å². The van der Waals surface area contributed by atoms with Gasteiger partial charge in [-0.15, -0.1) is 24.0 Å². The van der Waals surface area contributed by atoms with Gasteiger partial charge in [-0.05, 0) is 37.3 Å². The van der Waals surface area contributed by atoms with Gasteiger partial charge in [-0.2, -0.15) is 0 Å². The van der Waals surface area contributed by atoms with Gasteiger partial charge in [0, 0.05) is 31.8 Å². The number of nitrogens with zero attached hydrogens (tertiary/aromatic N) is 3. The molecule has 0 unspecified atom stereocenters. The van der Waals surface area contributed by atoms with E-state index in [0.717, 1.165) is 50.4 Å². The molecule has 0 atom stereocenters. The van der Waals surface area contributed by atoms with Gasteiger partial charge in [0.05, 0.1) is 24.0 Å². The summed E-state index contributed by atoms with van der Waals surface area (Å²) in [5.74, 6) is 0.613. The van der Waals surface area contributed by atoms with Crippen LogP contribution in [0.3, 0.4) is 0 Å². The van der Waals surface area contributed by atoms with Crippen molar-refractivity contribution in [3.8, 4) is 0 Å². The Balaban J connectivity index is 0.00000385. The molecule has 1 aliphatic rings. The highest BCUT2D eigenvalue weighted by Crippen LogP contribution is 2.19. The number of hydrogen-bond acceptors (Lipinski definition) is 5. The summed E-state index contributed by atoms with van der Waals surface area (Å²) in [5.41, 5.74) is 2.22. The second-order valence-corrected chi connectivity index (χ2v) is 7.74. The third-order valence-electron chi connectivity index (χ3n) is 5.51. The number of carbonyl (C=O) groups is 1. The molecule has 1 aliphatic heterocycles. The number of carbonyl (C=O) groups excluding carboxylic acids is 1. The van der Waals surface area contributed by atoms with Crippen molar-refractivity contribution < 1.29 is 14.5 Å². The Kier molecular flexibility index (Phi) is 11.1. The Morgan fingerprint density at radius 3 is 2.39 bits per heavy atom. The fourth-order valence-electron chi connectivity index (χ4n) is 3.71. The number of nitro benzene ring substituents is 1. The summed E-state index contributed by atoms with van der Waals surface area (Å²) in [5, 5.41) is 14.3. The van der Waals surface area contributed by atoms with Crippen LogP contribution < -0.4 is 5.32 Å². The summed E-state index contributed by atoms with van der Waals surface area (Å²) in [6.07, 6.45) is 2.34. The van der Waals surface area contributed by atoms with Crippen LogP contribution in [-0.4, -0.2) is 48.0 Å². The predicted molar refractivity (Wildman–Crippen MR) is 139 cm³/mol. The van der Waals surface area contributed by atoms with Crippen molar-refractivity contribution in [2.75, 3.05) is 26.2 Å². The minimum absolute atomic E-state index is 0. The number of halogens is 1. The number of guanidine groups is 1. The first-order valence-corrected chi connectivity index (χ1v) is 11.0. The lowest BCUT2D eigenvalue weighted by atomic mass is 9.97. The van der Waals surface area contributed by atoms with Crippen LogP contribution in [0.4, 0.5) is 5.69 Å². The molecule has 9 heteroatoms. The van der Waals surface area contributed by atoms with Gasteiger partial charge in [0.15, 0.2) is 5.96 Å². The van der Waals surface area contributed by atoms with E-state index >= 15 is 0 Å². The number of likely N-dealkylation sites (tertiary alicyclic amines) is 1. The maximum atomic E-state index is 12.1. The lowest BCUT2D eigenvalue weighted by Crippen LogP contribution is -2.47. The van der Waals surface area contributed by atoms with E-state index in [1.807, 2.05) is 25.1 Å². The van der Waals surface area contributed by atoms with E-state index in [4.69, 9.17) is 9.73 Å². The van der Waals surface area contributed by atoms with E-state index in [2.05, 4.69) is 22.3 Å². The van der Waals surface area contributed by atoms with Crippen LogP contribution in [0.1, 0.15) is 30.9 Å². The zero-order valence-electron chi connectivity index (χ0n) is 18.8. The molecule has 0 radical (unpaired) electrons. The average Bonchev–Trinajstić information content (AvgIpc) is 2.82. The minimum Gasteiger partial charge on any atom is -0.466 e. The zero-order chi connectivity index (χ0) is 22.8. The molecule has 0 aromatic heterocycles. The van der Waals surface area contributed by atoms with Crippen LogP contribution in [0.25, 0.3) is 0 Å². The zero-order valence-corrected chi connectivity index (χ0v) is 21.1. The maximum Gasteiger partial charge on any atom is 0.309 e. The lowest BCUT2D eigenvalue weighted by Gasteiger charge is -2.33. The third kappa shape index (κ3) is 8.30. The van der Waals surface area contributed by atoms with Crippen molar-refractivity contribution >= 4 is 41.6 Å². The van der Waals surface area contributed by atoms with Crippen LogP contribution in [-0.2, 0) is 22.5 Å². The number of esters is 1. The van der Waals surface area contributed by atoms with E-state index in [-0.39, 0.29) is 41.6 Å². The SMILES string of the molecule is CCOC(=O)C1CCN(C(=NCc2ccc([N+](=O)[O-])cc2)NCCc2ccccc2)CC1.I. The summed E-state index contributed by atoms with van der Waals surface area (Å²) in [6.45, 7) is 4.83. The molecule has 2 aromatic carbocycles. The second-order valence-electron chi connectivity index (χ2n) is 7.74. The van der Waals surface area contributed by atoms with E-state index in [1.54, 1.807) is 12.1 Å². The van der Waals surface area contributed by atoms with Gasteiger partial charge >= 0.3 is 5.97 Å². The molecule has 0 bridgehead atoms. The standard InChI is InChI=1S/C24H30N4O4.HI/c1-2-32-23(29)21-13-16-27(17-14-21)24(25-15-12-19-6-4-3-5-7-19)26-18-20-8-10-22(11-9-20)28(30)31;/h3-11,21H,2,12-18H2,1H3,(H,25,26);1H. The normalized spacial score (nSPS) is 14.3. The Morgan fingerprint density at radius 1 is 1.12 bits per heavy atom. The Hall–Kier alpha value is -2.69. The largest absolute Gasteiger partial charge is 0.466 e. The molecule has 0 spiro atoms. The molecular weight excluding hydrogens is 535 g/mol. The topological polar surface area (TPSA) is 97.1 Å². The fraction of sp³-hybridized carbons (Fsp3) is 0.417. The smallest absolute Gasteiger partial charge is 0.309 e. The van der Waals surface area contributed by atoms with Crippen molar-refractivity contribution in [3.63, 3.8) is 0 Å². The molecule has 8 nitrogen and oxygen atoms in total. The molecule has 0 saturated carbocycles. The van der Waals surface area contributed by atoms with E-state index < -0.39 is 4.92 Å². The van der Waals surface area contributed by atoms with Gasteiger partial charge < -0.3 is 15.0 Å². The van der Waals surface area contributed by atoms with Crippen LogP contribution >= 0.6 is 24.0 Å². The number of non-ortho nitro benzene ring substituents is 1. The summed E-state index contributed by atoms with van der Waals surface area (Å²) in [6, 6.07) is 16.7. The summed E-state index contributed by atoms with van der Waals surface area (Å²) in [7, 11) is 0. The number of nitrogens with one attached hydrogen (secondary N) is 1. The quantitative estimate of drug-likeness (QED) is 0.129. The number of ether oxygens (including phenoxy) is 1. The van der Waals surface area contributed by atoms with E-state index in [0.29, 0.717) is 13.2 Å². The Morgan fingerprint density at radius 2 is 1.79 bits per heavy atom. The van der Waals surface area contributed by atoms with Crippen molar-refractivity contribution in [1.82, 2.24) is 10.2 Å². The fourth-order valence-corrected chi connectivity index (χ4v) is 3.71. The number of piperidine rings is 1. The number of aliphatic imine (C=N–C) groups is 1. The minimum atomic E-state index is -0.405. The van der Waals surface area contributed by atoms with E-state index in [9.17, 15) is 14.9 Å². The number of benzene rings is 2. The molecule has 0 amide bonds. The molecule has 1 heterocycles. The van der Waals surface area contributed by atoms with Crippen LogP contribution in [0.5, 0.6) is 0 Å². The highest BCUT2D eigenvalue weighted by atomic mass is 127. The predicted octanol–water partition coefficient (Wildman–Crippen LogP) is 4.18. The van der Waals surface area contributed by atoms with Gasteiger partial charge in [0.1, 0.15) is 0 Å². The summed E-state index contributed by atoms with van der Waals surface area (Å²) in [4.78, 5) is 29.5. The molecule has 2 aromatic rings. The molecule has 1 fully saturated rings. The maximum absolute atomic E-state index is 12.1. The molecule has 1 saturated heterocycles. The molecule has 1 N–H and O–H groups in total. The van der Waals surface area contributed by atoms with Crippen LogP contribution in [0.2, 0.25) is 0 Å². The van der Waals surface area contributed by atoms with E-state index in [1.165, 1.54) is 17.7 Å². The number of rotatable bonds is 8. The monoisotopic (exact) mass is 566 g/mol.